The molecule has 16 heavy (non-hydrogen) atoms. The van der Waals surface area contributed by atoms with Crippen LogP contribution in [0.1, 0.15) is 19.1 Å². The van der Waals surface area contributed by atoms with Gasteiger partial charge in [0.15, 0.2) is 5.75 Å². The Kier molecular flexibility index (Phi) is 5.01. The summed E-state index contributed by atoms with van der Waals surface area (Å²) in [7, 11) is 0. The Morgan fingerprint density at radius 3 is 2.75 bits per heavy atom. The zero-order chi connectivity index (χ0) is 12.0. The largest absolute Gasteiger partial charge is 0.502 e. The van der Waals surface area contributed by atoms with E-state index in [1.54, 1.807) is 0 Å². The Morgan fingerprint density at radius 2 is 2.19 bits per heavy atom. The third-order valence-corrected chi connectivity index (χ3v) is 2.20. The van der Waals surface area contributed by atoms with Gasteiger partial charge in [0.25, 0.3) is 0 Å². The fraction of sp³-hybridized carbons (Fsp3) is 0.545. The Morgan fingerprint density at radius 1 is 1.44 bits per heavy atom. The molecule has 0 bridgehead atoms. The SMILES string of the molecule is CCCN(CCO)Cc1cc(=O)c(O)co1. The van der Waals surface area contributed by atoms with Gasteiger partial charge in [-0.15, -0.1) is 0 Å². The van der Waals surface area contributed by atoms with Gasteiger partial charge in [0, 0.05) is 12.6 Å². The van der Waals surface area contributed by atoms with E-state index >= 15 is 0 Å². The van der Waals surface area contributed by atoms with E-state index in [1.165, 1.54) is 6.07 Å². The number of nitrogens with zero attached hydrogens (tertiary/aromatic N) is 1. The van der Waals surface area contributed by atoms with E-state index in [9.17, 15) is 4.79 Å². The molecule has 0 aliphatic rings. The number of aliphatic hydroxyl groups is 1. The molecule has 0 aliphatic carbocycles. The molecule has 0 fully saturated rings. The van der Waals surface area contributed by atoms with Crippen LogP contribution in [0, 0.1) is 0 Å². The lowest BCUT2D eigenvalue weighted by Crippen LogP contribution is -2.27. The second-order valence-electron chi connectivity index (χ2n) is 3.60. The van der Waals surface area contributed by atoms with Crippen LogP contribution in [-0.2, 0) is 6.54 Å². The molecule has 0 spiro atoms. The van der Waals surface area contributed by atoms with Crippen molar-refractivity contribution in [3.63, 3.8) is 0 Å². The Labute approximate surface area is 93.9 Å². The monoisotopic (exact) mass is 227 g/mol. The molecule has 0 aromatic carbocycles. The van der Waals surface area contributed by atoms with E-state index in [2.05, 4.69) is 0 Å². The molecule has 1 aromatic rings. The van der Waals surface area contributed by atoms with Crippen molar-refractivity contribution in [2.45, 2.75) is 19.9 Å². The van der Waals surface area contributed by atoms with E-state index in [0.717, 1.165) is 19.2 Å². The van der Waals surface area contributed by atoms with Crippen LogP contribution in [0.5, 0.6) is 5.75 Å². The first kappa shape index (κ1) is 12.7. The van der Waals surface area contributed by atoms with E-state index in [0.29, 0.717) is 18.8 Å². The van der Waals surface area contributed by atoms with Crippen molar-refractivity contribution in [3.05, 3.63) is 28.3 Å². The van der Waals surface area contributed by atoms with Crippen molar-refractivity contribution in [2.24, 2.45) is 0 Å². The van der Waals surface area contributed by atoms with E-state index in [-0.39, 0.29) is 12.4 Å². The molecule has 0 saturated heterocycles. The summed E-state index contributed by atoms with van der Waals surface area (Å²) in [5.41, 5.74) is -0.443. The lowest BCUT2D eigenvalue weighted by molar-refractivity contribution is 0.179. The standard InChI is InChI=1S/C11H17NO4/c1-2-3-12(4-5-13)7-9-6-10(14)11(15)8-16-9/h6,8,13,15H,2-5,7H2,1H3. The Hall–Kier alpha value is -1.33. The molecule has 0 amide bonds. The second-order valence-corrected chi connectivity index (χ2v) is 3.60. The molecule has 0 radical (unpaired) electrons. The molecule has 1 rings (SSSR count). The van der Waals surface area contributed by atoms with Crippen LogP contribution in [0.25, 0.3) is 0 Å². The molecule has 1 aromatic heterocycles. The Balaban J connectivity index is 2.69. The fourth-order valence-corrected chi connectivity index (χ4v) is 1.47. The number of aliphatic hydroxyl groups excluding tert-OH is 1. The minimum atomic E-state index is -0.443. The molecule has 5 heteroatoms. The van der Waals surface area contributed by atoms with Gasteiger partial charge in [-0.05, 0) is 13.0 Å². The van der Waals surface area contributed by atoms with E-state index in [4.69, 9.17) is 14.6 Å². The summed E-state index contributed by atoms with van der Waals surface area (Å²) in [6.07, 6.45) is 2.00. The minimum Gasteiger partial charge on any atom is -0.502 e. The molecule has 1 heterocycles. The van der Waals surface area contributed by atoms with Crippen LogP contribution < -0.4 is 5.43 Å². The smallest absolute Gasteiger partial charge is 0.226 e. The predicted molar refractivity (Wildman–Crippen MR) is 59.3 cm³/mol. The summed E-state index contributed by atoms with van der Waals surface area (Å²) < 4.78 is 5.09. The first-order valence-electron chi connectivity index (χ1n) is 5.31. The Bertz CT molecular complexity index is 368. The molecule has 90 valence electrons. The average molecular weight is 227 g/mol. The van der Waals surface area contributed by atoms with Crippen molar-refractivity contribution in [1.82, 2.24) is 4.90 Å². The number of hydrogen-bond acceptors (Lipinski definition) is 5. The van der Waals surface area contributed by atoms with Gasteiger partial charge in [0.05, 0.1) is 13.2 Å². The van der Waals surface area contributed by atoms with Gasteiger partial charge in [0.1, 0.15) is 12.0 Å². The van der Waals surface area contributed by atoms with Crippen LogP contribution in [0.2, 0.25) is 0 Å². The van der Waals surface area contributed by atoms with Crippen LogP contribution in [0.15, 0.2) is 21.5 Å². The third kappa shape index (κ3) is 3.67. The quantitative estimate of drug-likeness (QED) is 0.742. The van der Waals surface area contributed by atoms with Gasteiger partial charge in [0.2, 0.25) is 5.43 Å². The first-order chi connectivity index (χ1) is 7.67. The fourth-order valence-electron chi connectivity index (χ4n) is 1.47. The molecular weight excluding hydrogens is 210 g/mol. The summed E-state index contributed by atoms with van der Waals surface area (Å²) in [5.74, 6) is 0.109. The average Bonchev–Trinajstić information content (AvgIpc) is 2.24. The summed E-state index contributed by atoms with van der Waals surface area (Å²) in [4.78, 5) is 13.1. The highest BCUT2D eigenvalue weighted by Gasteiger charge is 2.07. The van der Waals surface area contributed by atoms with Gasteiger partial charge < -0.3 is 14.6 Å². The normalized spacial score (nSPS) is 10.9. The topological polar surface area (TPSA) is 73.9 Å². The van der Waals surface area contributed by atoms with E-state index in [1.807, 2.05) is 11.8 Å². The molecule has 0 atom stereocenters. The van der Waals surface area contributed by atoms with Gasteiger partial charge >= 0.3 is 0 Å². The van der Waals surface area contributed by atoms with Crippen LogP contribution >= 0.6 is 0 Å². The zero-order valence-corrected chi connectivity index (χ0v) is 9.35. The number of hydrogen-bond donors (Lipinski definition) is 2. The van der Waals surface area contributed by atoms with Crippen LogP contribution in [0.4, 0.5) is 0 Å². The lowest BCUT2D eigenvalue weighted by Gasteiger charge is -2.19. The predicted octanol–water partition coefficient (Wildman–Crippen LogP) is 0.550. The van der Waals surface area contributed by atoms with E-state index < -0.39 is 5.43 Å². The van der Waals surface area contributed by atoms with Crippen LogP contribution in [-0.4, -0.2) is 34.8 Å². The van der Waals surface area contributed by atoms with Crippen molar-refractivity contribution < 1.29 is 14.6 Å². The molecule has 2 N–H and O–H groups in total. The maximum absolute atomic E-state index is 11.2. The molecule has 0 aliphatic heterocycles. The molecule has 0 saturated carbocycles. The summed E-state index contributed by atoms with van der Waals surface area (Å²) >= 11 is 0. The number of rotatable bonds is 6. The van der Waals surface area contributed by atoms with Crippen molar-refractivity contribution in [3.8, 4) is 5.75 Å². The maximum Gasteiger partial charge on any atom is 0.226 e. The highest BCUT2D eigenvalue weighted by Crippen LogP contribution is 2.07. The highest BCUT2D eigenvalue weighted by molar-refractivity contribution is 5.15. The van der Waals surface area contributed by atoms with Gasteiger partial charge in [-0.1, -0.05) is 6.92 Å². The van der Waals surface area contributed by atoms with Crippen molar-refractivity contribution >= 4 is 0 Å². The van der Waals surface area contributed by atoms with Gasteiger partial charge in [-0.25, -0.2) is 0 Å². The van der Waals surface area contributed by atoms with Crippen molar-refractivity contribution in [1.29, 1.82) is 0 Å². The number of aromatic hydroxyl groups is 1. The summed E-state index contributed by atoms with van der Waals surface area (Å²) in [6.45, 7) is 3.94. The maximum atomic E-state index is 11.2. The molecular formula is C11H17NO4. The zero-order valence-electron chi connectivity index (χ0n) is 9.35. The second kappa shape index (κ2) is 6.30. The summed E-state index contributed by atoms with van der Waals surface area (Å²) in [6, 6.07) is 1.27. The van der Waals surface area contributed by atoms with Gasteiger partial charge in [-0.3, -0.25) is 9.69 Å². The van der Waals surface area contributed by atoms with Gasteiger partial charge in [-0.2, -0.15) is 0 Å². The molecule has 0 unspecified atom stereocenters. The first-order valence-corrected chi connectivity index (χ1v) is 5.31. The minimum absolute atomic E-state index is 0.0717. The molecule has 5 nitrogen and oxygen atoms in total. The lowest BCUT2D eigenvalue weighted by atomic mass is 10.3. The third-order valence-electron chi connectivity index (χ3n) is 2.20. The van der Waals surface area contributed by atoms with Crippen LogP contribution in [0.3, 0.4) is 0 Å². The summed E-state index contributed by atoms with van der Waals surface area (Å²) in [5, 5.41) is 17.9. The van der Waals surface area contributed by atoms with Crippen molar-refractivity contribution in [2.75, 3.05) is 19.7 Å². The highest BCUT2D eigenvalue weighted by atomic mass is 16.4.